The third-order valence-electron chi connectivity index (χ3n) is 6.45. The largest absolute Gasteiger partial charge is 0.484 e. The van der Waals surface area contributed by atoms with Gasteiger partial charge in [-0.1, -0.05) is 61.7 Å². The molecule has 0 unspecified atom stereocenters. The van der Waals surface area contributed by atoms with Crippen molar-refractivity contribution in [1.29, 1.82) is 0 Å². The van der Waals surface area contributed by atoms with Crippen LogP contribution in [0.4, 0.5) is 5.69 Å². The average molecular weight is 454 g/mol. The van der Waals surface area contributed by atoms with Crippen molar-refractivity contribution in [3.8, 4) is 16.9 Å². The van der Waals surface area contributed by atoms with Gasteiger partial charge in [0.2, 0.25) is 0 Å². The third-order valence-corrected chi connectivity index (χ3v) is 6.45. The van der Waals surface area contributed by atoms with Gasteiger partial charge in [-0.2, -0.15) is 0 Å². The number of hydrogen-bond donors (Lipinski definition) is 1. The molecule has 0 saturated heterocycles. The average Bonchev–Trinajstić information content (AvgIpc) is 2.88. The molecule has 1 N–H and O–H groups in total. The fourth-order valence-corrected chi connectivity index (χ4v) is 4.61. The molecule has 1 amide bonds. The van der Waals surface area contributed by atoms with E-state index in [0.717, 1.165) is 10.9 Å². The van der Waals surface area contributed by atoms with E-state index in [1.165, 1.54) is 37.7 Å². The number of amides is 1. The molecule has 0 atom stereocenters. The Morgan fingerprint density at radius 1 is 0.912 bits per heavy atom. The molecule has 34 heavy (non-hydrogen) atoms. The first kappa shape index (κ1) is 22.0. The number of carbonyl (C=O) groups is 1. The van der Waals surface area contributed by atoms with Crippen molar-refractivity contribution < 1.29 is 13.9 Å². The highest BCUT2D eigenvalue weighted by atomic mass is 16.5. The predicted octanol–water partition coefficient (Wildman–Crippen LogP) is 6.53. The van der Waals surface area contributed by atoms with Crippen molar-refractivity contribution in [2.45, 2.75) is 38.0 Å². The SMILES string of the molecule is O=C(COc1ccc(C2CCCCC2)cc1)Nc1ccc(-c2cc3ccccc3oc2=O)cc1. The molecule has 1 heterocycles. The lowest BCUT2D eigenvalue weighted by Crippen LogP contribution is -2.20. The van der Waals surface area contributed by atoms with E-state index in [2.05, 4.69) is 17.4 Å². The third kappa shape index (κ3) is 5.04. The first-order chi connectivity index (χ1) is 16.7. The van der Waals surface area contributed by atoms with E-state index in [0.29, 0.717) is 28.5 Å². The topological polar surface area (TPSA) is 68.5 Å². The molecular formula is C29H27NO4. The monoisotopic (exact) mass is 453 g/mol. The smallest absolute Gasteiger partial charge is 0.344 e. The van der Waals surface area contributed by atoms with Gasteiger partial charge in [0.15, 0.2) is 6.61 Å². The minimum absolute atomic E-state index is 0.0706. The van der Waals surface area contributed by atoms with Crippen molar-refractivity contribution >= 4 is 22.6 Å². The minimum Gasteiger partial charge on any atom is -0.484 e. The molecule has 5 rings (SSSR count). The number of nitrogens with one attached hydrogen (secondary N) is 1. The molecule has 0 aliphatic heterocycles. The summed E-state index contributed by atoms with van der Waals surface area (Å²) in [5, 5.41) is 3.69. The first-order valence-electron chi connectivity index (χ1n) is 11.8. The molecular weight excluding hydrogens is 426 g/mol. The maximum Gasteiger partial charge on any atom is 0.344 e. The van der Waals surface area contributed by atoms with Crippen LogP contribution >= 0.6 is 0 Å². The van der Waals surface area contributed by atoms with Crippen LogP contribution < -0.4 is 15.7 Å². The molecule has 1 aromatic heterocycles. The van der Waals surface area contributed by atoms with E-state index in [4.69, 9.17) is 9.15 Å². The van der Waals surface area contributed by atoms with Crippen LogP contribution in [-0.4, -0.2) is 12.5 Å². The Kier molecular flexibility index (Phi) is 6.43. The zero-order valence-corrected chi connectivity index (χ0v) is 19.0. The Labute approximate surface area is 198 Å². The molecule has 0 bridgehead atoms. The van der Waals surface area contributed by atoms with Gasteiger partial charge in [-0.05, 0) is 66.3 Å². The Morgan fingerprint density at radius 3 is 2.41 bits per heavy atom. The Bertz CT molecular complexity index is 1330. The van der Waals surface area contributed by atoms with Crippen molar-refractivity contribution in [2.24, 2.45) is 0 Å². The number of anilines is 1. The lowest BCUT2D eigenvalue weighted by Gasteiger charge is -2.22. The molecule has 5 heteroatoms. The normalized spacial score (nSPS) is 14.1. The van der Waals surface area contributed by atoms with Crippen molar-refractivity contribution in [3.63, 3.8) is 0 Å². The highest BCUT2D eigenvalue weighted by Crippen LogP contribution is 2.33. The molecule has 0 radical (unpaired) electrons. The maximum absolute atomic E-state index is 12.4. The fraction of sp³-hybridized carbons (Fsp3) is 0.241. The fourth-order valence-electron chi connectivity index (χ4n) is 4.61. The van der Waals surface area contributed by atoms with E-state index in [9.17, 15) is 9.59 Å². The summed E-state index contributed by atoms with van der Waals surface area (Å²) < 4.78 is 11.1. The quantitative estimate of drug-likeness (QED) is 0.337. The van der Waals surface area contributed by atoms with Crippen molar-refractivity contribution in [3.05, 3.63) is 94.8 Å². The van der Waals surface area contributed by atoms with E-state index in [1.54, 1.807) is 30.3 Å². The number of para-hydroxylation sites is 1. The van der Waals surface area contributed by atoms with E-state index in [-0.39, 0.29) is 12.5 Å². The summed E-state index contributed by atoms with van der Waals surface area (Å²) >= 11 is 0. The zero-order chi connectivity index (χ0) is 23.3. The van der Waals surface area contributed by atoms with Crippen LogP contribution in [0.5, 0.6) is 5.75 Å². The highest BCUT2D eigenvalue weighted by Gasteiger charge is 2.15. The van der Waals surface area contributed by atoms with Crippen LogP contribution in [-0.2, 0) is 4.79 Å². The minimum atomic E-state index is -0.390. The van der Waals surface area contributed by atoms with Crippen LogP contribution in [0.15, 0.2) is 88.1 Å². The molecule has 1 fully saturated rings. The van der Waals surface area contributed by atoms with Crippen molar-refractivity contribution in [2.75, 3.05) is 11.9 Å². The first-order valence-corrected chi connectivity index (χ1v) is 11.8. The summed E-state index contributed by atoms with van der Waals surface area (Å²) in [6.07, 6.45) is 6.47. The van der Waals surface area contributed by atoms with Crippen LogP contribution in [0.1, 0.15) is 43.6 Å². The van der Waals surface area contributed by atoms with Gasteiger partial charge in [0.05, 0.1) is 5.56 Å². The van der Waals surface area contributed by atoms with Crippen LogP contribution in [0.25, 0.3) is 22.1 Å². The van der Waals surface area contributed by atoms with Crippen LogP contribution in [0.3, 0.4) is 0 Å². The standard InChI is InChI=1S/C29H27NO4/c31-28(19-33-25-16-12-21(13-17-25)20-6-2-1-3-7-20)30-24-14-10-22(11-15-24)26-18-23-8-4-5-9-27(23)34-29(26)32/h4-5,8-18,20H,1-3,6-7,19H2,(H,30,31). The Hall–Kier alpha value is -3.86. The number of ether oxygens (including phenoxy) is 1. The molecule has 0 spiro atoms. The van der Waals surface area contributed by atoms with Gasteiger partial charge in [-0.25, -0.2) is 4.79 Å². The summed E-state index contributed by atoms with van der Waals surface area (Å²) in [6, 6.07) is 24.5. The second kappa shape index (κ2) is 9.96. The van der Waals surface area contributed by atoms with Gasteiger partial charge in [0.25, 0.3) is 5.91 Å². The molecule has 3 aromatic carbocycles. The van der Waals surface area contributed by atoms with E-state index >= 15 is 0 Å². The Morgan fingerprint density at radius 2 is 1.65 bits per heavy atom. The van der Waals surface area contributed by atoms with Gasteiger partial charge >= 0.3 is 5.63 Å². The number of hydrogen-bond acceptors (Lipinski definition) is 4. The summed E-state index contributed by atoms with van der Waals surface area (Å²) in [6.45, 7) is -0.0706. The van der Waals surface area contributed by atoms with Crippen LogP contribution in [0, 0.1) is 0 Å². The molecule has 5 nitrogen and oxygen atoms in total. The number of carbonyl (C=O) groups excluding carboxylic acids is 1. The molecule has 4 aromatic rings. The number of fused-ring (bicyclic) bond motifs is 1. The number of rotatable bonds is 6. The summed E-state index contributed by atoms with van der Waals surface area (Å²) in [4.78, 5) is 24.7. The van der Waals surface area contributed by atoms with Crippen LogP contribution in [0.2, 0.25) is 0 Å². The second-order valence-corrected chi connectivity index (χ2v) is 8.80. The molecule has 172 valence electrons. The van der Waals surface area contributed by atoms with E-state index in [1.807, 2.05) is 36.4 Å². The van der Waals surface area contributed by atoms with Gasteiger partial charge in [0, 0.05) is 11.1 Å². The summed E-state index contributed by atoms with van der Waals surface area (Å²) in [7, 11) is 0. The molecule has 1 saturated carbocycles. The van der Waals surface area contributed by atoms with Gasteiger partial charge in [-0.15, -0.1) is 0 Å². The lowest BCUT2D eigenvalue weighted by molar-refractivity contribution is -0.118. The van der Waals surface area contributed by atoms with Crippen molar-refractivity contribution in [1.82, 2.24) is 0 Å². The molecule has 1 aliphatic rings. The van der Waals surface area contributed by atoms with Gasteiger partial charge in [-0.3, -0.25) is 4.79 Å². The summed E-state index contributed by atoms with van der Waals surface area (Å²) in [5.74, 6) is 1.09. The van der Waals surface area contributed by atoms with Gasteiger partial charge < -0.3 is 14.5 Å². The second-order valence-electron chi connectivity index (χ2n) is 8.80. The molecule has 1 aliphatic carbocycles. The van der Waals surface area contributed by atoms with E-state index < -0.39 is 5.63 Å². The van der Waals surface area contributed by atoms with Gasteiger partial charge in [0.1, 0.15) is 11.3 Å². The lowest BCUT2D eigenvalue weighted by atomic mass is 9.84. The highest BCUT2D eigenvalue weighted by molar-refractivity contribution is 5.92. The zero-order valence-electron chi connectivity index (χ0n) is 19.0. The predicted molar refractivity (Wildman–Crippen MR) is 134 cm³/mol. The maximum atomic E-state index is 12.4. The Balaban J connectivity index is 1.18. The summed E-state index contributed by atoms with van der Waals surface area (Å²) in [5.41, 5.74) is 3.37. The number of benzene rings is 3.